The van der Waals surface area contributed by atoms with E-state index in [1.165, 1.54) is 12.5 Å². The summed E-state index contributed by atoms with van der Waals surface area (Å²) in [5.41, 5.74) is 5.75. The molecule has 0 unspecified atom stereocenters. The molecule has 1 heterocycles. The van der Waals surface area contributed by atoms with Gasteiger partial charge in [0.25, 0.3) is 5.91 Å². The van der Waals surface area contributed by atoms with Crippen molar-refractivity contribution in [1.29, 1.82) is 0 Å². The Bertz CT molecular complexity index is 811. The third-order valence-corrected chi connectivity index (χ3v) is 4.44. The second-order valence-electron chi connectivity index (χ2n) is 6.22. The number of anilines is 1. The van der Waals surface area contributed by atoms with Crippen LogP contribution in [0.15, 0.2) is 36.4 Å². The molecule has 3 rings (SSSR count). The van der Waals surface area contributed by atoms with Crippen molar-refractivity contribution in [3.05, 3.63) is 64.2 Å². The van der Waals surface area contributed by atoms with E-state index in [1.54, 1.807) is 4.90 Å². The maximum Gasteiger partial charge on any atom is 0.302 e. The van der Waals surface area contributed by atoms with Crippen molar-refractivity contribution in [2.45, 2.75) is 33.8 Å². The number of aryl methyl sites for hydroxylation is 2. The van der Waals surface area contributed by atoms with E-state index in [9.17, 15) is 9.59 Å². The van der Waals surface area contributed by atoms with Crippen LogP contribution in [-0.2, 0) is 22.6 Å². The van der Waals surface area contributed by atoms with Crippen molar-refractivity contribution in [2.75, 3.05) is 11.4 Å². The number of benzene rings is 2. The predicted octanol–water partition coefficient (Wildman–Crippen LogP) is 3.57. The van der Waals surface area contributed by atoms with Crippen molar-refractivity contribution in [3.63, 3.8) is 0 Å². The lowest BCUT2D eigenvalue weighted by Crippen LogP contribution is -2.38. The van der Waals surface area contributed by atoms with Crippen LogP contribution in [0.2, 0.25) is 0 Å². The van der Waals surface area contributed by atoms with Crippen molar-refractivity contribution in [3.8, 4) is 0 Å². The average Bonchev–Trinajstić information content (AvgIpc) is 2.53. The van der Waals surface area contributed by atoms with Crippen molar-refractivity contribution >= 4 is 17.6 Å². The lowest BCUT2D eigenvalue weighted by Gasteiger charge is -2.31. The largest absolute Gasteiger partial charge is 0.461 e. The van der Waals surface area contributed by atoms with Crippen LogP contribution in [-0.4, -0.2) is 18.4 Å². The van der Waals surface area contributed by atoms with Gasteiger partial charge in [-0.25, -0.2) is 0 Å². The van der Waals surface area contributed by atoms with E-state index < -0.39 is 0 Å². The summed E-state index contributed by atoms with van der Waals surface area (Å²) < 4.78 is 5.18. The van der Waals surface area contributed by atoms with Crippen LogP contribution in [0.1, 0.15) is 39.5 Å². The van der Waals surface area contributed by atoms with E-state index in [0.717, 1.165) is 34.4 Å². The molecule has 0 saturated carbocycles. The molecule has 1 aliphatic rings. The van der Waals surface area contributed by atoms with Crippen LogP contribution >= 0.6 is 0 Å². The lowest BCUT2D eigenvalue weighted by molar-refractivity contribution is -0.142. The van der Waals surface area contributed by atoms with Gasteiger partial charge in [-0.3, -0.25) is 9.59 Å². The molecule has 4 nitrogen and oxygen atoms in total. The molecule has 0 saturated heterocycles. The van der Waals surface area contributed by atoms with Gasteiger partial charge in [0.15, 0.2) is 0 Å². The van der Waals surface area contributed by atoms with Gasteiger partial charge >= 0.3 is 5.97 Å². The summed E-state index contributed by atoms with van der Waals surface area (Å²) >= 11 is 0. The minimum Gasteiger partial charge on any atom is -0.461 e. The molecule has 0 spiro atoms. The Hall–Kier alpha value is -2.62. The zero-order valence-corrected chi connectivity index (χ0v) is 14.3. The smallest absolute Gasteiger partial charge is 0.302 e. The van der Waals surface area contributed by atoms with Crippen LogP contribution in [0.5, 0.6) is 0 Å². The Kier molecular flexibility index (Phi) is 4.38. The minimum absolute atomic E-state index is 0.00549. The van der Waals surface area contributed by atoms with Gasteiger partial charge in [-0.2, -0.15) is 0 Å². The SMILES string of the molecule is CC(=O)OCc1c(C)cccc1N1CCc2cc(C)ccc2C1=O. The zero-order chi connectivity index (χ0) is 17.3. The number of carbonyl (C=O) groups is 2. The van der Waals surface area contributed by atoms with Crippen LogP contribution in [0.25, 0.3) is 0 Å². The quantitative estimate of drug-likeness (QED) is 0.811. The molecule has 1 aliphatic heterocycles. The van der Waals surface area contributed by atoms with Gasteiger partial charge < -0.3 is 9.64 Å². The van der Waals surface area contributed by atoms with Crippen LogP contribution in [0.4, 0.5) is 5.69 Å². The fourth-order valence-corrected chi connectivity index (χ4v) is 3.15. The number of ether oxygens (including phenoxy) is 1. The summed E-state index contributed by atoms with van der Waals surface area (Å²) in [4.78, 5) is 25.9. The van der Waals surface area contributed by atoms with E-state index in [2.05, 4.69) is 6.07 Å². The van der Waals surface area contributed by atoms with Gasteiger partial charge in [0.1, 0.15) is 6.61 Å². The number of esters is 1. The number of amides is 1. The second-order valence-corrected chi connectivity index (χ2v) is 6.22. The average molecular weight is 323 g/mol. The molecule has 4 heteroatoms. The van der Waals surface area contributed by atoms with Gasteiger partial charge in [0.2, 0.25) is 0 Å². The first kappa shape index (κ1) is 16.2. The molecular weight excluding hydrogens is 302 g/mol. The monoisotopic (exact) mass is 323 g/mol. The standard InChI is InChI=1S/C20H21NO3/c1-13-7-8-17-16(11-13)9-10-21(20(17)23)19-6-4-5-14(2)18(19)12-24-15(3)22/h4-8,11H,9-10,12H2,1-3H3. The van der Waals surface area contributed by atoms with E-state index in [1.807, 2.05) is 44.2 Å². The van der Waals surface area contributed by atoms with Crippen molar-refractivity contribution in [1.82, 2.24) is 0 Å². The summed E-state index contributed by atoms with van der Waals surface area (Å²) in [7, 11) is 0. The number of fused-ring (bicyclic) bond motifs is 1. The highest BCUT2D eigenvalue weighted by atomic mass is 16.5. The maximum atomic E-state index is 12.9. The summed E-state index contributed by atoms with van der Waals surface area (Å²) in [5, 5.41) is 0. The molecule has 0 N–H and O–H groups in total. The molecule has 24 heavy (non-hydrogen) atoms. The number of nitrogens with zero attached hydrogens (tertiary/aromatic N) is 1. The summed E-state index contributed by atoms with van der Waals surface area (Å²) in [5.74, 6) is -0.319. The maximum absolute atomic E-state index is 12.9. The highest BCUT2D eigenvalue weighted by molar-refractivity contribution is 6.08. The van der Waals surface area contributed by atoms with E-state index in [4.69, 9.17) is 4.74 Å². The number of carbonyl (C=O) groups excluding carboxylic acids is 2. The molecule has 0 bridgehead atoms. The molecule has 0 fully saturated rings. The predicted molar refractivity (Wildman–Crippen MR) is 93.2 cm³/mol. The Balaban J connectivity index is 1.98. The van der Waals surface area contributed by atoms with Crippen molar-refractivity contribution < 1.29 is 14.3 Å². The van der Waals surface area contributed by atoms with Gasteiger partial charge in [0.05, 0.1) is 5.69 Å². The first-order valence-electron chi connectivity index (χ1n) is 8.10. The highest BCUT2D eigenvalue weighted by Crippen LogP contribution is 2.30. The Morgan fingerprint density at radius 3 is 2.75 bits per heavy atom. The van der Waals surface area contributed by atoms with Crippen LogP contribution < -0.4 is 4.90 Å². The molecule has 124 valence electrons. The third-order valence-electron chi connectivity index (χ3n) is 4.44. The first-order valence-corrected chi connectivity index (χ1v) is 8.10. The van der Waals surface area contributed by atoms with Crippen molar-refractivity contribution in [2.24, 2.45) is 0 Å². The van der Waals surface area contributed by atoms with E-state index in [-0.39, 0.29) is 18.5 Å². The van der Waals surface area contributed by atoms with Crippen LogP contribution in [0, 0.1) is 13.8 Å². The third kappa shape index (κ3) is 3.04. The molecule has 0 aliphatic carbocycles. The number of hydrogen-bond donors (Lipinski definition) is 0. The Morgan fingerprint density at radius 2 is 2.00 bits per heavy atom. The molecule has 0 atom stereocenters. The van der Waals surface area contributed by atoms with Gasteiger partial charge in [0, 0.05) is 24.6 Å². The van der Waals surface area contributed by atoms with E-state index in [0.29, 0.717) is 6.54 Å². The second kappa shape index (κ2) is 6.48. The van der Waals surface area contributed by atoms with Gasteiger partial charge in [-0.15, -0.1) is 0 Å². The van der Waals surface area contributed by atoms with Gasteiger partial charge in [-0.05, 0) is 43.5 Å². The minimum atomic E-state index is -0.324. The zero-order valence-electron chi connectivity index (χ0n) is 14.3. The molecule has 2 aromatic carbocycles. The molecule has 2 aromatic rings. The first-order chi connectivity index (χ1) is 11.5. The van der Waals surface area contributed by atoms with Gasteiger partial charge in [-0.1, -0.05) is 29.8 Å². The topological polar surface area (TPSA) is 46.6 Å². The number of hydrogen-bond acceptors (Lipinski definition) is 3. The Labute approximate surface area is 142 Å². The molecule has 0 aromatic heterocycles. The Morgan fingerprint density at radius 1 is 1.21 bits per heavy atom. The highest BCUT2D eigenvalue weighted by Gasteiger charge is 2.27. The summed E-state index contributed by atoms with van der Waals surface area (Å²) in [6, 6.07) is 11.8. The van der Waals surface area contributed by atoms with Crippen LogP contribution in [0.3, 0.4) is 0 Å². The fourth-order valence-electron chi connectivity index (χ4n) is 3.15. The molecule has 1 amide bonds. The number of rotatable bonds is 3. The molecule has 0 radical (unpaired) electrons. The van der Waals surface area contributed by atoms with E-state index >= 15 is 0 Å². The lowest BCUT2D eigenvalue weighted by atomic mass is 9.95. The molecular formula is C20H21NO3. The normalized spacial score (nSPS) is 13.6. The fraction of sp³-hybridized carbons (Fsp3) is 0.300. The summed E-state index contributed by atoms with van der Waals surface area (Å²) in [6.07, 6.45) is 0.823. The summed E-state index contributed by atoms with van der Waals surface area (Å²) in [6.45, 7) is 6.21.